The van der Waals surface area contributed by atoms with Gasteiger partial charge in [-0.05, 0) is 42.5 Å². The number of ether oxygens (including phenoxy) is 1. The van der Waals surface area contributed by atoms with Gasteiger partial charge < -0.3 is 10.1 Å². The number of nitrogens with one attached hydrogen (secondary N) is 1. The third kappa shape index (κ3) is 2.88. The highest BCUT2D eigenvalue weighted by atomic mass is 127. The molecule has 1 amide bonds. The van der Waals surface area contributed by atoms with Gasteiger partial charge in [0.1, 0.15) is 17.2 Å². The van der Waals surface area contributed by atoms with Crippen molar-refractivity contribution in [2.75, 3.05) is 12.4 Å². The zero-order valence-corrected chi connectivity index (χ0v) is 11.3. The van der Waals surface area contributed by atoms with Crippen LogP contribution >= 0.6 is 22.6 Å². The highest BCUT2D eigenvalue weighted by Gasteiger charge is 2.28. The number of halogens is 2. The van der Waals surface area contributed by atoms with E-state index in [1.807, 2.05) is 0 Å². The molecule has 0 aromatic carbocycles. The third-order valence-electron chi connectivity index (χ3n) is 2.13. The Bertz CT molecular complexity index is 410. The van der Waals surface area contributed by atoms with Crippen LogP contribution in [0.25, 0.3) is 0 Å². The summed E-state index contributed by atoms with van der Waals surface area (Å²) >= 11 is 1.79. The van der Waals surface area contributed by atoms with Crippen molar-refractivity contribution in [2.24, 2.45) is 0 Å². The van der Waals surface area contributed by atoms with Crippen molar-refractivity contribution < 1.29 is 13.9 Å². The monoisotopic (exact) mass is 338 g/mol. The number of amides is 1. The number of rotatable bonds is 3. The summed E-state index contributed by atoms with van der Waals surface area (Å²) < 4.78 is 18.5. The van der Waals surface area contributed by atoms with Crippen molar-refractivity contribution in [3.63, 3.8) is 0 Å². The van der Waals surface area contributed by atoms with Crippen LogP contribution < -0.4 is 5.32 Å². The molecule has 4 nitrogen and oxygen atoms in total. The SMILES string of the molecule is COC(C)(C)C(=O)Nc1nccc(F)c1I. The van der Waals surface area contributed by atoms with Crippen molar-refractivity contribution >= 4 is 34.3 Å². The summed E-state index contributed by atoms with van der Waals surface area (Å²) in [4.78, 5) is 15.6. The second-order valence-electron chi connectivity index (χ2n) is 3.62. The lowest BCUT2D eigenvalue weighted by Gasteiger charge is -2.21. The van der Waals surface area contributed by atoms with E-state index in [2.05, 4.69) is 10.3 Å². The van der Waals surface area contributed by atoms with E-state index >= 15 is 0 Å². The van der Waals surface area contributed by atoms with E-state index in [1.54, 1.807) is 36.4 Å². The number of carbonyl (C=O) groups excluding carboxylic acids is 1. The molecule has 0 bridgehead atoms. The van der Waals surface area contributed by atoms with Gasteiger partial charge in [0.05, 0.1) is 3.57 Å². The Morgan fingerprint density at radius 3 is 2.81 bits per heavy atom. The van der Waals surface area contributed by atoms with Gasteiger partial charge in [-0.15, -0.1) is 0 Å². The zero-order chi connectivity index (χ0) is 12.3. The van der Waals surface area contributed by atoms with Gasteiger partial charge in [0, 0.05) is 13.3 Å². The molecule has 0 atom stereocenters. The second-order valence-corrected chi connectivity index (χ2v) is 4.70. The van der Waals surface area contributed by atoms with Gasteiger partial charge in [0.15, 0.2) is 0 Å². The summed E-state index contributed by atoms with van der Waals surface area (Å²) in [6.45, 7) is 3.24. The van der Waals surface area contributed by atoms with E-state index in [-0.39, 0.29) is 15.3 Å². The van der Waals surface area contributed by atoms with Crippen LogP contribution in [0.5, 0.6) is 0 Å². The zero-order valence-electron chi connectivity index (χ0n) is 9.17. The van der Waals surface area contributed by atoms with E-state index < -0.39 is 11.4 Å². The predicted octanol–water partition coefficient (Wildman–Crippen LogP) is 2.19. The maximum absolute atomic E-state index is 13.2. The first-order valence-corrected chi connectivity index (χ1v) is 5.63. The summed E-state index contributed by atoms with van der Waals surface area (Å²) in [7, 11) is 1.43. The summed E-state index contributed by atoms with van der Waals surface area (Å²) in [5, 5.41) is 2.52. The lowest BCUT2D eigenvalue weighted by atomic mass is 10.1. The maximum atomic E-state index is 13.2. The minimum Gasteiger partial charge on any atom is -0.369 e. The second kappa shape index (κ2) is 5.05. The highest BCUT2D eigenvalue weighted by molar-refractivity contribution is 14.1. The average Bonchev–Trinajstić information content (AvgIpc) is 2.24. The molecular weight excluding hydrogens is 326 g/mol. The maximum Gasteiger partial charge on any atom is 0.257 e. The summed E-state index contributed by atoms with van der Waals surface area (Å²) in [5.41, 5.74) is -0.975. The van der Waals surface area contributed by atoms with Crippen LogP contribution in [0.2, 0.25) is 0 Å². The minimum absolute atomic E-state index is 0.204. The van der Waals surface area contributed by atoms with Crippen LogP contribution in [0.1, 0.15) is 13.8 Å². The Labute approximate surface area is 107 Å². The highest BCUT2D eigenvalue weighted by Crippen LogP contribution is 2.20. The molecule has 1 aromatic heterocycles. The summed E-state index contributed by atoms with van der Waals surface area (Å²) in [5.74, 6) is -0.581. The van der Waals surface area contributed by atoms with Gasteiger partial charge in [-0.3, -0.25) is 4.79 Å². The number of pyridine rings is 1. The van der Waals surface area contributed by atoms with Crippen molar-refractivity contribution in [3.8, 4) is 0 Å². The molecule has 0 unspecified atom stereocenters. The van der Waals surface area contributed by atoms with Crippen LogP contribution in [0.4, 0.5) is 10.2 Å². The molecule has 0 radical (unpaired) electrons. The molecule has 6 heteroatoms. The molecule has 0 saturated carbocycles. The fourth-order valence-corrected chi connectivity index (χ4v) is 1.31. The van der Waals surface area contributed by atoms with Crippen molar-refractivity contribution in [2.45, 2.75) is 19.4 Å². The number of hydrogen-bond acceptors (Lipinski definition) is 3. The molecule has 0 aliphatic carbocycles. The van der Waals surface area contributed by atoms with E-state index in [4.69, 9.17) is 4.74 Å². The third-order valence-corrected chi connectivity index (χ3v) is 3.16. The Hall–Kier alpha value is -0.760. The van der Waals surface area contributed by atoms with Crippen LogP contribution in [0.15, 0.2) is 12.3 Å². The normalized spacial score (nSPS) is 11.3. The number of carbonyl (C=O) groups is 1. The van der Waals surface area contributed by atoms with E-state index in [0.717, 1.165) is 0 Å². The van der Waals surface area contributed by atoms with Gasteiger partial charge in [-0.25, -0.2) is 9.37 Å². The lowest BCUT2D eigenvalue weighted by molar-refractivity contribution is -0.133. The molecule has 16 heavy (non-hydrogen) atoms. The molecule has 0 aliphatic heterocycles. The lowest BCUT2D eigenvalue weighted by Crippen LogP contribution is -2.39. The van der Waals surface area contributed by atoms with Crippen molar-refractivity contribution in [1.29, 1.82) is 0 Å². The molecule has 1 aromatic rings. The summed E-state index contributed by atoms with van der Waals surface area (Å²) in [6.07, 6.45) is 1.30. The molecule has 0 aliphatic rings. The minimum atomic E-state index is -0.975. The van der Waals surface area contributed by atoms with Crippen molar-refractivity contribution in [1.82, 2.24) is 4.98 Å². The number of nitrogens with zero attached hydrogens (tertiary/aromatic N) is 1. The smallest absolute Gasteiger partial charge is 0.257 e. The van der Waals surface area contributed by atoms with Crippen LogP contribution in [0, 0.1) is 9.39 Å². The fourth-order valence-electron chi connectivity index (χ4n) is 0.858. The van der Waals surface area contributed by atoms with Crippen LogP contribution in [0.3, 0.4) is 0 Å². The fraction of sp³-hybridized carbons (Fsp3) is 0.400. The Balaban J connectivity index is 2.90. The quantitative estimate of drug-likeness (QED) is 0.860. The van der Waals surface area contributed by atoms with Crippen molar-refractivity contribution in [3.05, 3.63) is 21.7 Å². The molecule has 88 valence electrons. The first-order valence-electron chi connectivity index (χ1n) is 4.55. The largest absolute Gasteiger partial charge is 0.369 e. The molecule has 0 saturated heterocycles. The molecule has 0 spiro atoms. The standard InChI is InChI=1S/C10H12FIN2O2/c1-10(2,16-3)9(15)14-8-7(12)6(11)4-5-13-8/h4-5H,1-3H3,(H,13,14,15). The summed E-state index contributed by atoms with van der Waals surface area (Å²) in [6, 6.07) is 1.24. The Morgan fingerprint density at radius 2 is 2.25 bits per heavy atom. The Morgan fingerprint density at radius 1 is 1.62 bits per heavy atom. The number of hydrogen-bond donors (Lipinski definition) is 1. The number of anilines is 1. The van der Waals surface area contributed by atoms with Gasteiger partial charge in [-0.1, -0.05) is 0 Å². The molecule has 1 N–H and O–H groups in total. The number of aromatic nitrogens is 1. The molecule has 1 heterocycles. The average molecular weight is 338 g/mol. The van der Waals surface area contributed by atoms with E-state index in [1.165, 1.54) is 19.4 Å². The first kappa shape index (κ1) is 13.3. The van der Waals surface area contributed by atoms with Gasteiger partial charge in [-0.2, -0.15) is 0 Å². The van der Waals surface area contributed by atoms with Gasteiger partial charge >= 0.3 is 0 Å². The first-order chi connectivity index (χ1) is 7.38. The Kier molecular flexibility index (Phi) is 4.20. The molecule has 1 rings (SSSR count). The predicted molar refractivity (Wildman–Crippen MR) is 66.6 cm³/mol. The van der Waals surface area contributed by atoms with E-state index in [9.17, 15) is 9.18 Å². The topological polar surface area (TPSA) is 51.2 Å². The van der Waals surface area contributed by atoms with Gasteiger partial charge in [0.2, 0.25) is 0 Å². The molecule has 0 fully saturated rings. The van der Waals surface area contributed by atoms with Crippen LogP contribution in [-0.4, -0.2) is 23.6 Å². The number of methoxy groups -OCH3 is 1. The van der Waals surface area contributed by atoms with Gasteiger partial charge in [0.25, 0.3) is 5.91 Å². The van der Waals surface area contributed by atoms with E-state index in [0.29, 0.717) is 0 Å². The molecular formula is C10H12FIN2O2. The van der Waals surface area contributed by atoms with Crippen LogP contribution in [-0.2, 0) is 9.53 Å².